The van der Waals surface area contributed by atoms with E-state index >= 15 is 0 Å². The number of pyridine rings is 2. The summed E-state index contributed by atoms with van der Waals surface area (Å²) >= 11 is 0. The van der Waals surface area contributed by atoms with Gasteiger partial charge in [-0.25, -0.2) is 0 Å². The van der Waals surface area contributed by atoms with Gasteiger partial charge >= 0.3 is 0 Å². The quantitative estimate of drug-likeness (QED) is 0.169. The van der Waals surface area contributed by atoms with Crippen molar-refractivity contribution in [2.75, 3.05) is 0 Å². The molecule has 0 unspecified atom stereocenters. The first-order chi connectivity index (χ1) is 26.3. The molecule has 0 atom stereocenters. The van der Waals surface area contributed by atoms with Crippen molar-refractivity contribution in [3.05, 3.63) is 182 Å². The van der Waals surface area contributed by atoms with E-state index in [1.165, 1.54) is 16.3 Å². The van der Waals surface area contributed by atoms with Crippen molar-refractivity contribution in [3.8, 4) is 67.5 Å². The number of aromatic nitrogens is 3. The predicted octanol–water partition coefficient (Wildman–Crippen LogP) is 12.7. The molecule has 0 saturated carbocycles. The second kappa shape index (κ2) is 14.6. The molecule has 0 bridgehead atoms. The van der Waals surface area contributed by atoms with Crippen molar-refractivity contribution >= 4 is 21.8 Å². The summed E-state index contributed by atoms with van der Waals surface area (Å²) in [6.45, 7) is 6.53. The fourth-order valence-corrected chi connectivity index (χ4v) is 7.42. The fraction of sp³-hybridized carbons (Fsp3) is 0.0800. The average Bonchev–Trinajstić information content (AvgIpc) is 3.56. The summed E-state index contributed by atoms with van der Waals surface area (Å²) in [5.41, 5.74) is 13.5. The van der Waals surface area contributed by atoms with Gasteiger partial charge in [0.2, 0.25) is 0 Å². The fourth-order valence-electron chi connectivity index (χ4n) is 7.42. The molecule has 0 fully saturated rings. The minimum atomic E-state index is -0.0877. The molecular weight excluding hydrogens is 854 g/mol. The summed E-state index contributed by atoms with van der Waals surface area (Å²) in [5, 5.41) is 13.5. The van der Waals surface area contributed by atoms with E-state index in [0.29, 0.717) is 11.3 Å². The van der Waals surface area contributed by atoms with E-state index in [2.05, 4.69) is 153 Å². The molecule has 5 heteroatoms. The summed E-state index contributed by atoms with van der Waals surface area (Å²) < 4.78 is 2.37. The molecule has 3 aromatic heterocycles. The first-order valence-electron chi connectivity index (χ1n) is 18.3. The molecule has 9 rings (SSSR count). The van der Waals surface area contributed by atoms with Crippen LogP contribution in [-0.4, -0.2) is 19.6 Å². The molecule has 0 aliphatic rings. The molecule has 0 saturated heterocycles. The van der Waals surface area contributed by atoms with Gasteiger partial charge in [0.25, 0.3) is 0 Å². The number of rotatable bonds is 6. The van der Waals surface area contributed by atoms with E-state index in [4.69, 9.17) is 9.97 Å². The van der Waals surface area contributed by atoms with Gasteiger partial charge in [0, 0.05) is 66.2 Å². The molecule has 0 spiro atoms. The van der Waals surface area contributed by atoms with Crippen LogP contribution in [0.25, 0.3) is 83.5 Å². The summed E-state index contributed by atoms with van der Waals surface area (Å²) in [6, 6.07) is 60.0. The zero-order valence-corrected chi connectivity index (χ0v) is 33.0. The Kier molecular flexibility index (Phi) is 9.55. The van der Waals surface area contributed by atoms with E-state index in [9.17, 15) is 5.11 Å². The number of benzene rings is 6. The number of phenols is 1. The van der Waals surface area contributed by atoms with Gasteiger partial charge in [0.05, 0.1) is 16.7 Å². The van der Waals surface area contributed by atoms with E-state index in [1.54, 1.807) is 6.07 Å². The number of fused-ring (bicyclic) bond motifs is 3. The maximum absolute atomic E-state index is 11.1. The van der Waals surface area contributed by atoms with Gasteiger partial charge < -0.3 is 9.67 Å². The van der Waals surface area contributed by atoms with Crippen molar-refractivity contribution in [3.63, 3.8) is 0 Å². The molecule has 9 aromatic rings. The summed E-state index contributed by atoms with van der Waals surface area (Å²) in [6.07, 6.45) is 1.89. The van der Waals surface area contributed by atoms with Crippen molar-refractivity contribution in [2.45, 2.75) is 26.2 Å². The smallest absolute Gasteiger partial charge is 0.124 e. The number of phenolic OH excluding ortho intramolecular Hbond substituents is 1. The van der Waals surface area contributed by atoms with Gasteiger partial charge in [0.15, 0.2) is 0 Å². The first kappa shape index (κ1) is 35.9. The molecule has 6 aromatic carbocycles. The minimum absolute atomic E-state index is 0. The van der Waals surface area contributed by atoms with Gasteiger partial charge in [-0.2, -0.15) is 0 Å². The summed E-state index contributed by atoms with van der Waals surface area (Å²) in [7, 11) is 0. The van der Waals surface area contributed by atoms with Crippen LogP contribution in [0, 0.1) is 6.07 Å². The van der Waals surface area contributed by atoms with Crippen LogP contribution >= 0.6 is 0 Å². The van der Waals surface area contributed by atoms with Crippen LogP contribution in [0.5, 0.6) is 5.75 Å². The van der Waals surface area contributed by atoms with E-state index in [0.717, 1.165) is 61.5 Å². The Hall–Kier alpha value is -6.09. The molecule has 55 heavy (non-hydrogen) atoms. The van der Waals surface area contributed by atoms with Crippen LogP contribution in [0.15, 0.2) is 170 Å². The number of hydrogen-bond acceptors (Lipinski definition) is 3. The monoisotopic (exact) mass is 891 g/mol. The number of para-hydroxylation sites is 3. The third-order valence-electron chi connectivity index (χ3n) is 10.2. The van der Waals surface area contributed by atoms with Gasteiger partial charge in [-0.15, -0.1) is 24.3 Å². The molecule has 1 N–H and O–H groups in total. The summed E-state index contributed by atoms with van der Waals surface area (Å²) in [4.78, 5) is 10.0. The Balaban J connectivity index is 0.00000427. The maximum Gasteiger partial charge on any atom is 0.124 e. The molecule has 3 heterocycles. The van der Waals surface area contributed by atoms with E-state index in [1.807, 2.05) is 42.6 Å². The largest absolute Gasteiger partial charge is 0.507 e. The van der Waals surface area contributed by atoms with Crippen LogP contribution in [0.1, 0.15) is 26.3 Å². The Morgan fingerprint density at radius 1 is 0.545 bits per heavy atom. The average molecular weight is 892 g/mol. The molecule has 0 radical (unpaired) electrons. The Labute approximate surface area is 336 Å². The van der Waals surface area contributed by atoms with E-state index < -0.39 is 0 Å². The van der Waals surface area contributed by atoms with Crippen LogP contribution in [-0.2, 0) is 26.5 Å². The second-order valence-electron chi connectivity index (χ2n) is 14.8. The Morgan fingerprint density at radius 3 is 1.98 bits per heavy atom. The van der Waals surface area contributed by atoms with Gasteiger partial charge in [0.1, 0.15) is 5.75 Å². The number of aromatic hydroxyl groups is 1. The van der Waals surface area contributed by atoms with Crippen LogP contribution in [0.2, 0.25) is 0 Å². The van der Waals surface area contributed by atoms with Crippen molar-refractivity contribution < 1.29 is 26.2 Å². The molecule has 270 valence electrons. The zero-order chi connectivity index (χ0) is 36.8. The number of nitrogens with zero attached hydrogens (tertiary/aromatic N) is 3. The van der Waals surface area contributed by atoms with Gasteiger partial charge in [-0.1, -0.05) is 135 Å². The molecule has 0 amide bonds. The molecule has 0 aliphatic heterocycles. The first-order valence-corrected chi connectivity index (χ1v) is 18.3. The normalized spacial score (nSPS) is 11.5. The minimum Gasteiger partial charge on any atom is -0.507 e. The second-order valence-corrected chi connectivity index (χ2v) is 14.8. The van der Waals surface area contributed by atoms with Crippen LogP contribution in [0.3, 0.4) is 0 Å². The molecule has 0 aliphatic carbocycles. The van der Waals surface area contributed by atoms with Crippen LogP contribution in [0.4, 0.5) is 0 Å². The van der Waals surface area contributed by atoms with Crippen molar-refractivity contribution in [2.24, 2.45) is 0 Å². The Bertz CT molecular complexity index is 2820. The van der Waals surface area contributed by atoms with Crippen molar-refractivity contribution in [1.82, 2.24) is 14.5 Å². The number of hydrogen-bond donors (Lipinski definition) is 1. The molecule has 4 nitrogen and oxygen atoms in total. The predicted molar refractivity (Wildman–Crippen MR) is 223 cm³/mol. The SMILES string of the molecule is CC(C)(C)c1ccc(O)c(-c2cc(-c3ccccc3)cc(-c3[c-]c(-c4cc(-c5cccc6c7ccccc7n(-c7ccccc7)c56)ccn4)ccc3)n2)c1.[Pt]. The van der Waals surface area contributed by atoms with Crippen molar-refractivity contribution in [1.29, 1.82) is 0 Å². The Morgan fingerprint density at radius 2 is 1.20 bits per heavy atom. The zero-order valence-electron chi connectivity index (χ0n) is 30.8. The third kappa shape index (κ3) is 6.79. The van der Waals surface area contributed by atoms with Crippen LogP contribution < -0.4 is 0 Å². The third-order valence-corrected chi connectivity index (χ3v) is 10.2. The maximum atomic E-state index is 11.1. The van der Waals surface area contributed by atoms with Gasteiger partial charge in [-0.05, 0) is 70.1 Å². The standard InChI is InChI=1S/C50H38N3O.Pt/c1-50(2,3)38-24-25-48(54)43(32-38)46-31-37(33-14-6-4-7-15-33)30-45(52-46)36-17-12-16-35(28-36)44-29-34(26-27-51-44)40-21-13-22-42-41-20-10-11-23-47(41)53(49(40)42)39-18-8-5-9-19-39;/h4-27,29-32,54H,1-3H3;/q-1;. The van der Waals surface area contributed by atoms with Gasteiger partial charge in [-0.3, -0.25) is 9.97 Å². The summed E-state index contributed by atoms with van der Waals surface area (Å²) in [5.74, 6) is 0.201. The van der Waals surface area contributed by atoms with E-state index in [-0.39, 0.29) is 32.2 Å². The topological polar surface area (TPSA) is 50.9 Å². The molecular formula is C50H38N3OPt-.